The Morgan fingerprint density at radius 1 is 1.35 bits per heavy atom. The second-order valence-electron chi connectivity index (χ2n) is 4.40. The molecule has 0 radical (unpaired) electrons. The van der Waals surface area contributed by atoms with Crippen molar-refractivity contribution in [2.45, 2.75) is 0 Å². The van der Waals surface area contributed by atoms with Crippen molar-refractivity contribution in [2.75, 3.05) is 5.32 Å². The number of nitrogens with zero attached hydrogens (tertiary/aromatic N) is 2. The van der Waals surface area contributed by atoms with E-state index in [0.717, 1.165) is 21.9 Å². The van der Waals surface area contributed by atoms with Crippen LogP contribution in [0.2, 0.25) is 5.15 Å². The molecule has 4 rings (SSSR count). The Labute approximate surface area is 123 Å². The van der Waals surface area contributed by atoms with E-state index in [0.29, 0.717) is 10.7 Å². The quantitative estimate of drug-likeness (QED) is 0.699. The predicted molar refractivity (Wildman–Crippen MR) is 81.0 cm³/mol. The van der Waals surface area contributed by atoms with Crippen LogP contribution in [-0.4, -0.2) is 15.3 Å². The summed E-state index contributed by atoms with van der Waals surface area (Å²) in [4.78, 5) is 17.2. The molecule has 3 heterocycles. The highest BCUT2D eigenvalue weighted by Crippen LogP contribution is 2.34. The lowest BCUT2D eigenvalue weighted by Gasteiger charge is -1.97. The molecule has 1 aromatic carbocycles. The van der Waals surface area contributed by atoms with Crippen molar-refractivity contribution < 1.29 is 4.79 Å². The number of thiazole rings is 1. The van der Waals surface area contributed by atoms with Crippen LogP contribution in [0.3, 0.4) is 0 Å². The second kappa shape index (κ2) is 4.19. The molecule has 0 spiro atoms. The van der Waals surface area contributed by atoms with Crippen molar-refractivity contribution in [3.63, 3.8) is 0 Å². The topological polar surface area (TPSA) is 46.4 Å². The van der Waals surface area contributed by atoms with E-state index in [-0.39, 0.29) is 5.91 Å². The average molecular weight is 302 g/mol. The summed E-state index contributed by atoms with van der Waals surface area (Å²) in [5, 5.41) is 5.18. The number of anilines is 1. The number of halogens is 1. The molecule has 1 aliphatic rings. The molecule has 0 aliphatic carbocycles. The van der Waals surface area contributed by atoms with Gasteiger partial charge >= 0.3 is 0 Å². The maximum Gasteiger partial charge on any atom is 0.256 e. The van der Waals surface area contributed by atoms with Crippen LogP contribution in [0.15, 0.2) is 35.8 Å². The number of aromatic nitrogens is 2. The Morgan fingerprint density at radius 2 is 2.20 bits per heavy atom. The molecule has 4 nitrogen and oxygen atoms in total. The first-order chi connectivity index (χ1) is 9.74. The van der Waals surface area contributed by atoms with Gasteiger partial charge in [0.15, 0.2) is 10.1 Å². The highest BCUT2D eigenvalue weighted by Gasteiger charge is 2.24. The predicted octanol–water partition coefficient (Wildman–Crippen LogP) is 3.54. The number of fused-ring (bicyclic) bond motifs is 2. The number of carbonyl (C=O) groups is 1. The average Bonchev–Trinajstić information content (AvgIpc) is 3.07. The van der Waals surface area contributed by atoms with Gasteiger partial charge in [-0.1, -0.05) is 29.8 Å². The third-order valence-corrected chi connectivity index (χ3v) is 4.28. The summed E-state index contributed by atoms with van der Waals surface area (Å²) in [6, 6.07) is 7.60. The summed E-state index contributed by atoms with van der Waals surface area (Å²) >= 11 is 7.66. The molecule has 0 fully saturated rings. The largest absolute Gasteiger partial charge is 0.321 e. The standard InChI is InChI=1S/C14H8ClN3OS/c15-12-11(18-5-6-20-14(18)17-12)7-9-8-3-1-2-4-10(8)16-13(9)19/h1-7H,(H,16,19). The molecular weight excluding hydrogens is 294 g/mol. The SMILES string of the molecule is O=C1Nc2ccccc2C1=Cc1c(Cl)nc2sccn12. The number of para-hydroxylation sites is 1. The molecule has 0 saturated carbocycles. The van der Waals surface area contributed by atoms with Crippen LogP contribution < -0.4 is 5.32 Å². The molecule has 2 aromatic heterocycles. The molecule has 6 heteroatoms. The number of amides is 1. The third kappa shape index (κ3) is 1.60. The molecular formula is C14H8ClN3OS. The Hall–Kier alpha value is -2.11. The summed E-state index contributed by atoms with van der Waals surface area (Å²) in [6.45, 7) is 0. The number of hydrogen-bond acceptors (Lipinski definition) is 3. The molecule has 1 amide bonds. The molecule has 0 bridgehead atoms. The molecule has 0 unspecified atom stereocenters. The lowest BCUT2D eigenvalue weighted by atomic mass is 10.1. The fourth-order valence-electron chi connectivity index (χ4n) is 2.32. The van der Waals surface area contributed by atoms with Gasteiger partial charge in [-0.3, -0.25) is 9.20 Å². The minimum absolute atomic E-state index is 0.118. The molecule has 98 valence electrons. The van der Waals surface area contributed by atoms with Gasteiger partial charge in [0.25, 0.3) is 5.91 Å². The van der Waals surface area contributed by atoms with Gasteiger partial charge in [0.2, 0.25) is 0 Å². The number of carbonyl (C=O) groups excluding carboxylic acids is 1. The third-order valence-electron chi connectivity index (χ3n) is 3.25. The molecule has 1 aliphatic heterocycles. The van der Waals surface area contributed by atoms with Gasteiger partial charge < -0.3 is 5.32 Å². The van der Waals surface area contributed by atoms with E-state index in [1.54, 1.807) is 6.08 Å². The summed E-state index contributed by atoms with van der Waals surface area (Å²) in [7, 11) is 0. The minimum atomic E-state index is -0.118. The van der Waals surface area contributed by atoms with Crippen LogP contribution >= 0.6 is 22.9 Å². The Morgan fingerprint density at radius 3 is 3.10 bits per heavy atom. The van der Waals surface area contributed by atoms with Crippen molar-refractivity contribution in [1.82, 2.24) is 9.38 Å². The van der Waals surface area contributed by atoms with Crippen LogP contribution in [0, 0.1) is 0 Å². The first kappa shape index (κ1) is 11.7. The molecule has 0 saturated heterocycles. The molecule has 1 N–H and O–H groups in total. The van der Waals surface area contributed by atoms with Gasteiger partial charge in [-0.15, -0.1) is 11.3 Å². The maximum atomic E-state index is 12.1. The monoisotopic (exact) mass is 301 g/mol. The van der Waals surface area contributed by atoms with Gasteiger partial charge in [0, 0.05) is 22.8 Å². The van der Waals surface area contributed by atoms with Crippen LogP contribution in [0.4, 0.5) is 5.69 Å². The van der Waals surface area contributed by atoms with E-state index in [4.69, 9.17) is 11.6 Å². The summed E-state index contributed by atoms with van der Waals surface area (Å²) in [5.74, 6) is -0.118. The van der Waals surface area contributed by atoms with E-state index >= 15 is 0 Å². The Bertz CT molecular complexity index is 878. The van der Waals surface area contributed by atoms with Gasteiger partial charge in [-0.25, -0.2) is 4.98 Å². The first-order valence-corrected chi connectivity index (χ1v) is 7.23. The van der Waals surface area contributed by atoms with Crippen molar-refractivity contribution in [3.05, 3.63) is 52.3 Å². The van der Waals surface area contributed by atoms with E-state index in [9.17, 15) is 4.79 Å². The Kier molecular flexibility index (Phi) is 2.45. The van der Waals surface area contributed by atoms with E-state index < -0.39 is 0 Å². The summed E-state index contributed by atoms with van der Waals surface area (Å²) in [5.41, 5.74) is 3.05. The van der Waals surface area contributed by atoms with Crippen LogP contribution in [0.25, 0.3) is 16.6 Å². The Balaban J connectivity index is 1.94. The smallest absolute Gasteiger partial charge is 0.256 e. The van der Waals surface area contributed by atoms with Gasteiger partial charge in [-0.2, -0.15) is 0 Å². The van der Waals surface area contributed by atoms with Crippen molar-refractivity contribution in [2.24, 2.45) is 0 Å². The number of rotatable bonds is 1. The number of imidazole rings is 1. The highest BCUT2D eigenvalue weighted by atomic mass is 35.5. The van der Waals surface area contributed by atoms with Crippen molar-refractivity contribution in [1.29, 1.82) is 0 Å². The van der Waals surface area contributed by atoms with Crippen molar-refractivity contribution >= 4 is 51.1 Å². The first-order valence-electron chi connectivity index (χ1n) is 5.97. The normalized spacial score (nSPS) is 15.8. The summed E-state index contributed by atoms with van der Waals surface area (Å²) in [6.07, 6.45) is 3.68. The zero-order chi connectivity index (χ0) is 13.7. The van der Waals surface area contributed by atoms with Gasteiger partial charge in [0.05, 0.1) is 11.3 Å². The second-order valence-corrected chi connectivity index (χ2v) is 5.63. The van der Waals surface area contributed by atoms with E-state index in [1.165, 1.54) is 11.3 Å². The number of benzene rings is 1. The molecule has 3 aromatic rings. The van der Waals surface area contributed by atoms with E-state index in [2.05, 4.69) is 10.3 Å². The lowest BCUT2D eigenvalue weighted by molar-refractivity contribution is -0.110. The van der Waals surface area contributed by atoms with Crippen LogP contribution in [0.5, 0.6) is 0 Å². The fraction of sp³-hybridized carbons (Fsp3) is 0. The van der Waals surface area contributed by atoms with Crippen LogP contribution in [0.1, 0.15) is 11.3 Å². The van der Waals surface area contributed by atoms with E-state index in [1.807, 2.05) is 40.2 Å². The maximum absolute atomic E-state index is 12.1. The van der Waals surface area contributed by atoms with Gasteiger partial charge in [-0.05, 0) is 12.1 Å². The number of hydrogen-bond donors (Lipinski definition) is 1. The molecule has 0 atom stereocenters. The molecule has 20 heavy (non-hydrogen) atoms. The van der Waals surface area contributed by atoms with Crippen molar-refractivity contribution in [3.8, 4) is 0 Å². The highest BCUT2D eigenvalue weighted by molar-refractivity contribution is 7.15. The lowest BCUT2D eigenvalue weighted by Crippen LogP contribution is -2.03. The zero-order valence-corrected chi connectivity index (χ0v) is 11.7. The fourth-order valence-corrected chi connectivity index (χ4v) is 3.32. The minimum Gasteiger partial charge on any atom is -0.321 e. The van der Waals surface area contributed by atoms with Crippen LogP contribution in [-0.2, 0) is 4.79 Å². The zero-order valence-electron chi connectivity index (χ0n) is 10.1. The summed E-state index contributed by atoms with van der Waals surface area (Å²) < 4.78 is 1.88. The number of nitrogens with one attached hydrogen (secondary N) is 1. The van der Waals surface area contributed by atoms with Gasteiger partial charge in [0.1, 0.15) is 0 Å².